The van der Waals surface area contributed by atoms with E-state index in [1.54, 1.807) is 0 Å². The van der Waals surface area contributed by atoms with Crippen molar-refractivity contribution < 1.29 is 52.4 Å². The summed E-state index contributed by atoms with van der Waals surface area (Å²) in [6.45, 7) is 0. The number of rotatable bonds is 2. The van der Waals surface area contributed by atoms with Gasteiger partial charge in [0.15, 0.2) is 0 Å². The van der Waals surface area contributed by atoms with Gasteiger partial charge in [0, 0.05) is 11.7 Å². The number of carbonyl (C=O) groups is 1. The largest absolute Gasteiger partial charge is 1.00 e. The summed E-state index contributed by atoms with van der Waals surface area (Å²) >= 11 is 0. The number of methoxy groups -OCH3 is 1. The third-order valence-electron chi connectivity index (χ3n) is 1.23. The van der Waals surface area contributed by atoms with Crippen LogP contribution in [0.5, 0.6) is 5.75 Å². The van der Waals surface area contributed by atoms with Crippen LogP contribution in [-0.2, 0) is 0 Å². The van der Waals surface area contributed by atoms with Gasteiger partial charge >= 0.3 is 37.7 Å². The fraction of sp³-hybridized carbons (Fsp3) is 0.125. The first-order valence-electron chi connectivity index (χ1n) is 3.01. The van der Waals surface area contributed by atoms with E-state index in [4.69, 9.17) is 4.74 Å². The number of carbonyl (C=O) groups excluding carboxylic acids is 1. The fourth-order valence-electron chi connectivity index (χ4n) is 0.689. The molecule has 0 aliphatic carbocycles. The van der Waals surface area contributed by atoms with Gasteiger partial charge in [-0.2, -0.15) is 12.1 Å². The predicted octanol–water partition coefficient (Wildman–Crippen LogP) is -6.13. The van der Waals surface area contributed by atoms with E-state index in [1.165, 1.54) is 25.3 Å². The number of aromatic carboxylic acids is 1. The van der Waals surface area contributed by atoms with Crippen LogP contribution in [0.3, 0.4) is 0 Å². The van der Waals surface area contributed by atoms with Crippen LogP contribution in [0.15, 0.2) is 18.2 Å². The van der Waals surface area contributed by atoms with Gasteiger partial charge in [-0.15, -0.1) is 17.7 Å². The van der Waals surface area contributed by atoms with Crippen LogP contribution in [0.4, 0.5) is 0 Å². The molecule has 13 heavy (non-hydrogen) atoms. The maximum absolute atomic E-state index is 10.3. The number of benzene rings is 1. The monoisotopic (exact) mass is 164 g/mol. The summed E-state index contributed by atoms with van der Waals surface area (Å²) in [4.78, 5) is 10.3. The van der Waals surface area contributed by atoms with Crippen molar-refractivity contribution in [1.29, 1.82) is 0 Å². The summed E-state index contributed by atoms with van der Waals surface area (Å²) in [6.07, 6.45) is 0. The molecule has 0 fully saturated rings. The van der Waals surface area contributed by atoms with Gasteiger partial charge in [0.25, 0.3) is 0 Å². The van der Waals surface area contributed by atoms with Crippen molar-refractivity contribution in [3.63, 3.8) is 0 Å². The van der Waals surface area contributed by atoms with E-state index in [9.17, 15) is 9.90 Å². The first-order valence-corrected chi connectivity index (χ1v) is 3.01. The minimum absolute atomic E-state index is 0. The zero-order valence-corrected chi connectivity index (χ0v) is 7.96. The Morgan fingerprint density at radius 1 is 1.54 bits per heavy atom. The Morgan fingerprint density at radius 3 is 2.62 bits per heavy atom. The molecule has 58 valence electrons. The van der Waals surface area contributed by atoms with Gasteiger partial charge in [-0.3, -0.25) is 0 Å². The molecule has 0 saturated heterocycles. The molecule has 0 aliphatic heterocycles. The van der Waals surface area contributed by atoms with Gasteiger partial charge in [-0.05, 0) is 0 Å². The topological polar surface area (TPSA) is 49.4 Å². The standard InChI is InChI=1S/C8H7O3.2Li/c1-11-7-4-2-3-6(5-7)8(9)10;;/h2-3,5H,1H3,(H,9,10);;/q-1;2*+1/p-1. The second-order valence-corrected chi connectivity index (χ2v) is 1.93. The van der Waals surface area contributed by atoms with Crippen molar-refractivity contribution >= 4 is 5.97 Å². The molecule has 0 amide bonds. The molecule has 5 heteroatoms. The van der Waals surface area contributed by atoms with E-state index in [0.717, 1.165) is 0 Å². The van der Waals surface area contributed by atoms with Crippen molar-refractivity contribution in [2.75, 3.05) is 7.11 Å². The number of carboxylic acid groups (broad SMARTS) is 1. The van der Waals surface area contributed by atoms with E-state index in [-0.39, 0.29) is 43.3 Å². The average Bonchev–Trinajstić information content (AvgIpc) is 2.05. The normalized spacial score (nSPS) is 7.77. The minimum atomic E-state index is -1.21. The molecule has 0 spiro atoms. The van der Waals surface area contributed by atoms with Gasteiger partial charge in [0.1, 0.15) is 0 Å². The summed E-state index contributed by atoms with van der Waals surface area (Å²) in [7, 11) is 1.45. The second-order valence-electron chi connectivity index (χ2n) is 1.93. The smallest absolute Gasteiger partial charge is 0.547 e. The zero-order chi connectivity index (χ0) is 8.27. The van der Waals surface area contributed by atoms with Crippen LogP contribution >= 0.6 is 0 Å². The third-order valence-corrected chi connectivity index (χ3v) is 1.23. The molecule has 0 atom stereocenters. The average molecular weight is 164 g/mol. The van der Waals surface area contributed by atoms with Crippen LogP contribution in [0.1, 0.15) is 10.4 Å². The van der Waals surface area contributed by atoms with Crippen LogP contribution in [0, 0.1) is 6.07 Å². The summed E-state index contributed by atoms with van der Waals surface area (Å²) in [5.41, 5.74) is 0.0978. The fourth-order valence-corrected chi connectivity index (χ4v) is 0.689. The van der Waals surface area contributed by atoms with E-state index in [1.807, 2.05) is 0 Å². The first kappa shape index (κ1) is 15.2. The van der Waals surface area contributed by atoms with Crippen molar-refractivity contribution in [3.05, 3.63) is 29.8 Å². The van der Waals surface area contributed by atoms with Gasteiger partial charge in [-0.25, -0.2) is 0 Å². The minimum Gasteiger partial charge on any atom is -0.547 e. The second kappa shape index (κ2) is 7.12. The number of ether oxygens (including phenoxy) is 1. The Bertz CT molecular complexity index is 276. The third kappa shape index (κ3) is 4.45. The summed E-state index contributed by atoms with van der Waals surface area (Å²) in [6, 6.07) is 6.93. The molecule has 0 bridgehead atoms. The summed E-state index contributed by atoms with van der Waals surface area (Å²) < 4.78 is 4.76. The summed E-state index contributed by atoms with van der Waals surface area (Å²) in [5, 5.41) is 10.3. The number of hydrogen-bond donors (Lipinski definition) is 0. The van der Waals surface area contributed by atoms with E-state index >= 15 is 0 Å². The van der Waals surface area contributed by atoms with Crippen molar-refractivity contribution in [3.8, 4) is 5.75 Å². The number of carboxylic acids is 1. The molecule has 0 aliphatic rings. The van der Waals surface area contributed by atoms with Crippen LogP contribution < -0.4 is 47.6 Å². The van der Waals surface area contributed by atoms with Crippen molar-refractivity contribution in [1.82, 2.24) is 0 Å². The first-order chi connectivity index (χ1) is 5.24. The van der Waals surface area contributed by atoms with Gasteiger partial charge in [0.2, 0.25) is 0 Å². The van der Waals surface area contributed by atoms with Crippen molar-refractivity contribution in [2.45, 2.75) is 0 Å². The molecule has 1 aromatic carbocycles. The Kier molecular flexibility index (Phi) is 8.31. The maximum Gasteiger partial charge on any atom is 1.00 e. The molecular formula is C8H6Li2O3. The Balaban J connectivity index is 0. The van der Waals surface area contributed by atoms with E-state index in [2.05, 4.69) is 6.07 Å². The van der Waals surface area contributed by atoms with Crippen LogP contribution in [-0.4, -0.2) is 13.1 Å². The van der Waals surface area contributed by atoms with Crippen molar-refractivity contribution in [2.24, 2.45) is 0 Å². The van der Waals surface area contributed by atoms with Gasteiger partial charge < -0.3 is 14.6 Å². The maximum atomic E-state index is 10.3. The van der Waals surface area contributed by atoms with Crippen LogP contribution in [0.2, 0.25) is 0 Å². The predicted molar refractivity (Wildman–Crippen MR) is 36.2 cm³/mol. The van der Waals surface area contributed by atoms with E-state index in [0.29, 0.717) is 5.75 Å². The summed E-state index contributed by atoms with van der Waals surface area (Å²) in [5.74, 6) is -0.816. The molecule has 1 aromatic rings. The molecular weight excluding hydrogens is 158 g/mol. The van der Waals surface area contributed by atoms with E-state index < -0.39 is 5.97 Å². The molecule has 1 rings (SSSR count). The molecule has 0 radical (unpaired) electrons. The quantitative estimate of drug-likeness (QED) is 0.323. The van der Waals surface area contributed by atoms with Gasteiger partial charge in [0.05, 0.1) is 7.11 Å². The Labute approximate surface area is 101 Å². The molecule has 0 heterocycles. The molecule has 3 nitrogen and oxygen atoms in total. The Morgan fingerprint density at radius 2 is 2.15 bits per heavy atom. The van der Waals surface area contributed by atoms with Gasteiger partial charge in [-0.1, -0.05) is 0 Å². The zero-order valence-electron chi connectivity index (χ0n) is 7.96. The molecule has 0 unspecified atom stereocenters. The molecule has 0 N–H and O–H groups in total. The number of hydrogen-bond acceptors (Lipinski definition) is 3. The SMILES string of the molecule is COc1[c-]ccc(C(=O)[O-])c1.[Li+].[Li+]. The molecule has 0 aromatic heterocycles. The Hall–Kier alpha value is -0.315. The van der Waals surface area contributed by atoms with Crippen LogP contribution in [0.25, 0.3) is 0 Å². The molecule has 0 saturated carbocycles.